The molecule has 1 aromatic carbocycles. The number of imidazole rings is 1. The van der Waals surface area contributed by atoms with E-state index in [1.165, 1.54) is 12.1 Å². The number of alkyl halides is 3. The van der Waals surface area contributed by atoms with Crippen molar-refractivity contribution in [2.45, 2.75) is 12.6 Å². The van der Waals surface area contributed by atoms with Crippen LogP contribution >= 0.6 is 0 Å². The molecule has 2 heterocycles. The molecule has 0 saturated carbocycles. The lowest BCUT2D eigenvalue weighted by Crippen LogP contribution is -2.04. The number of fused-ring (bicyclic) bond motifs is 1. The Morgan fingerprint density at radius 2 is 1.80 bits per heavy atom. The minimum absolute atomic E-state index is 0.451. The van der Waals surface area contributed by atoms with Crippen LogP contribution < -0.4 is 0 Å². The van der Waals surface area contributed by atoms with E-state index >= 15 is 0 Å². The Labute approximate surface area is 112 Å². The quantitative estimate of drug-likeness (QED) is 0.778. The van der Waals surface area contributed by atoms with Crippen LogP contribution in [0.3, 0.4) is 0 Å². The Morgan fingerprint density at radius 1 is 1.05 bits per heavy atom. The number of aromatic amines is 1. The van der Waals surface area contributed by atoms with Crippen molar-refractivity contribution < 1.29 is 13.2 Å². The largest absolute Gasteiger partial charge is 0.416 e. The van der Waals surface area contributed by atoms with Crippen molar-refractivity contribution in [2.24, 2.45) is 0 Å². The number of nitrogens with zero attached hydrogens (tertiary/aromatic N) is 2. The molecule has 0 aliphatic heterocycles. The molecule has 0 bridgehead atoms. The first kappa shape index (κ1) is 12.7. The smallest absolute Gasteiger partial charge is 0.340 e. The molecule has 1 N–H and O–H groups in total. The third-order valence-electron chi connectivity index (χ3n) is 2.99. The van der Waals surface area contributed by atoms with Crippen LogP contribution in [0, 0.1) is 0 Å². The maximum atomic E-state index is 12.5. The number of rotatable bonds is 2. The summed E-state index contributed by atoms with van der Waals surface area (Å²) in [6.45, 7) is 0. The van der Waals surface area contributed by atoms with Gasteiger partial charge in [0.2, 0.25) is 0 Å². The molecule has 6 heteroatoms. The van der Waals surface area contributed by atoms with Gasteiger partial charge in [-0.3, -0.25) is 4.98 Å². The maximum absolute atomic E-state index is 12.5. The standard InChI is InChI=1S/C14H10F3N3/c15-14(16,17)10-3-1-9(2-4-10)7-13-19-11-5-6-18-8-12(11)20-13/h1-6,8H,7H2,(H,19,20). The van der Waals surface area contributed by atoms with Crippen LogP contribution in [0.1, 0.15) is 17.0 Å². The number of aromatic nitrogens is 3. The van der Waals surface area contributed by atoms with Gasteiger partial charge in [0.15, 0.2) is 0 Å². The van der Waals surface area contributed by atoms with Crippen LogP contribution in [0.25, 0.3) is 11.0 Å². The highest BCUT2D eigenvalue weighted by Crippen LogP contribution is 2.29. The fourth-order valence-corrected chi connectivity index (χ4v) is 2.00. The predicted octanol–water partition coefficient (Wildman–Crippen LogP) is 3.57. The molecule has 0 aliphatic carbocycles. The van der Waals surface area contributed by atoms with E-state index in [0.717, 1.165) is 28.7 Å². The number of benzene rings is 1. The fourth-order valence-electron chi connectivity index (χ4n) is 2.00. The molecular formula is C14H10F3N3. The highest BCUT2D eigenvalue weighted by atomic mass is 19.4. The lowest BCUT2D eigenvalue weighted by Gasteiger charge is -2.06. The van der Waals surface area contributed by atoms with Gasteiger partial charge in [0.25, 0.3) is 0 Å². The van der Waals surface area contributed by atoms with E-state index in [-0.39, 0.29) is 0 Å². The monoisotopic (exact) mass is 277 g/mol. The second-order valence-corrected chi connectivity index (χ2v) is 4.45. The average molecular weight is 277 g/mol. The highest BCUT2D eigenvalue weighted by Gasteiger charge is 2.29. The number of hydrogen-bond acceptors (Lipinski definition) is 2. The van der Waals surface area contributed by atoms with Gasteiger partial charge in [0, 0.05) is 12.6 Å². The molecule has 2 aromatic heterocycles. The maximum Gasteiger partial charge on any atom is 0.416 e. The van der Waals surface area contributed by atoms with Gasteiger partial charge in [-0.05, 0) is 23.8 Å². The van der Waals surface area contributed by atoms with E-state index in [4.69, 9.17) is 0 Å². The molecule has 3 rings (SSSR count). The molecular weight excluding hydrogens is 267 g/mol. The zero-order valence-electron chi connectivity index (χ0n) is 10.3. The van der Waals surface area contributed by atoms with E-state index in [9.17, 15) is 13.2 Å². The van der Waals surface area contributed by atoms with Crippen LogP contribution in [0.5, 0.6) is 0 Å². The molecule has 3 nitrogen and oxygen atoms in total. The second kappa shape index (κ2) is 4.63. The van der Waals surface area contributed by atoms with Crippen LogP contribution in [-0.2, 0) is 12.6 Å². The van der Waals surface area contributed by atoms with Crippen LogP contribution in [0.15, 0.2) is 42.7 Å². The molecule has 0 fully saturated rings. The highest BCUT2D eigenvalue weighted by molar-refractivity contribution is 5.73. The molecule has 0 aliphatic rings. The third-order valence-corrected chi connectivity index (χ3v) is 2.99. The van der Waals surface area contributed by atoms with Gasteiger partial charge >= 0.3 is 6.18 Å². The zero-order valence-corrected chi connectivity index (χ0v) is 10.3. The van der Waals surface area contributed by atoms with E-state index < -0.39 is 11.7 Å². The predicted molar refractivity (Wildman–Crippen MR) is 68.1 cm³/mol. The molecule has 0 spiro atoms. The number of halogens is 3. The van der Waals surface area contributed by atoms with Crippen molar-refractivity contribution in [2.75, 3.05) is 0 Å². The van der Waals surface area contributed by atoms with E-state index in [1.807, 2.05) is 0 Å². The van der Waals surface area contributed by atoms with Gasteiger partial charge in [-0.1, -0.05) is 12.1 Å². The normalized spacial score (nSPS) is 11.9. The molecule has 0 atom stereocenters. The first-order valence-electron chi connectivity index (χ1n) is 5.97. The molecule has 0 unspecified atom stereocenters. The summed E-state index contributed by atoms with van der Waals surface area (Å²) in [4.78, 5) is 11.4. The summed E-state index contributed by atoms with van der Waals surface area (Å²) in [7, 11) is 0. The third kappa shape index (κ3) is 2.49. The van der Waals surface area contributed by atoms with Crippen molar-refractivity contribution in [1.82, 2.24) is 15.0 Å². The summed E-state index contributed by atoms with van der Waals surface area (Å²) in [6, 6.07) is 6.88. The van der Waals surface area contributed by atoms with Crippen molar-refractivity contribution >= 4 is 11.0 Å². The van der Waals surface area contributed by atoms with Gasteiger partial charge in [0.1, 0.15) is 5.82 Å². The van der Waals surface area contributed by atoms with Crippen LogP contribution in [0.4, 0.5) is 13.2 Å². The minimum Gasteiger partial charge on any atom is -0.340 e. The van der Waals surface area contributed by atoms with E-state index in [2.05, 4.69) is 15.0 Å². The Hall–Kier alpha value is -2.37. The SMILES string of the molecule is FC(F)(F)c1ccc(Cc2nc3ccncc3[nH]2)cc1. The Morgan fingerprint density at radius 3 is 2.45 bits per heavy atom. The van der Waals surface area contributed by atoms with Gasteiger partial charge in [-0.15, -0.1) is 0 Å². The zero-order chi connectivity index (χ0) is 14.2. The summed E-state index contributed by atoms with van der Waals surface area (Å²) in [5.41, 5.74) is 1.73. The van der Waals surface area contributed by atoms with Gasteiger partial charge in [-0.25, -0.2) is 4.98 Å². The lowest BCUT2D eigenvalue weighted by atomic mass is 10.1. The van der Waals surface area contributed by atoms with Crippen molar-refractivity contribution in [3.8, 4) is 0 Å². The Balaban J connectivity index is 1.84. The topological polar surface area (TPSA) is 41.6 Å². The van der Waals surface area contributed by atoms with Crippen molar-refractivity contribution in [3.05, 3.63) is 59.7 Å². The van der Waals surface area contributed by atoms with Crippen LogP contribution in [-0.4, -0.2) is 15.0 Å². The summed E-state index contributed by atoms with van der Waals surface area (Å²) < 4.78 is 37.4. The van der Waals surface area contributed by atoms with Crippen molar-refractivity contribution in [3.63, 3.8) is 0 Å². The minimum atomic E-state index is -4.30. The molecule has 0 amide bonds. The summed E-state index contributed by atoms with van der Waals surface area (Å²) in [5.74, 6) is 0.702. The molecule has 20 heavy (non-hydrogen) atoms. The number of nitrogens with one attached hydrogen (secondary N) is 1. The first-order valence-corrected chi connectivity index (χ1v) is 5.97. The van der Waals surface area contributed by atoms with Gasteiger partial charge < -0.3 is 4.98 Å². The molecule has 102 valence electrons. The number of pyridine rings is 1. The summed E-state index contributed by atoms with van der Waals surface area (Å²) in [5, 5.41) is 0. The summed E-state index contributed by atoms with van der Waals surface area (Å²) >= 11 is 0. The van der Waals surface area contributed by atoms with Gasteiger partial charge in [-0.2, -0.15) is 13.2 Å². The van der Waals surface area contributed by atoms with Gasteiger partial charge in [0.05, 0.1) is 22.8 Å². The molecule has 3 aromatic rings. The average Bonchev–Trinajstić information content (AvgIpc) is 2.80. The summed E-state index contributed by atoms with van der Waals surface area (Å²) in [6.07, 6.45) is -0.542. The Bertz CT molecular complexity index is 696. The number of hydrogen-bond donors (Lipinski definition) is 1. The fraction of sp³-hybridized carbons (Fsp3) is 0.143. The molecule has 0 saturated heterocycles. The second-order valence-electron chi connectivity index (χ2n) is 4.45. The first-order chi connectivity index (χ1) is 9.52. The van der Waals surface area contributed by atoms with Crippen LogP contribution in [0.2, 0.25) is 0 Å². The lowest BCUT2D eigenvalue weighted by molar-refractivity contribution is -0.137. The van der Waals surface area contributed by atoms with E-state index in [0.29, 0.717) is 12.2 Å². The van der Waals surface area contributed by atoms with Crippen molar-refractivity contribution in [1.29, 1.82) is 0 Å². The molecule has 0 radical (unpaired) electrons. The Kier molecular flexibility index (Phi) is 2.93. The number of H-pyrrole nitrogens is 1. The van der Waals surface area contributed by atoms with E-state index in [1.54, 1.807) is 18.5 Å².